The number of halogens is 4. The lowest BCUT2D eigenvalue weighted by Gasteiger charge is -2.14. The molecule has 0 radical (unpaired) electrons. The first-order valence-corrected chi connectivity index (χ1v) is 10.7. The van der Waals surface area contributed by atoms with Crippen molar-refractivity contribution in [3.05, 3.63) is 65.0 Å². The van der Waals surface area contributed by atoms with Crippen LogP contribution in [0.1, 0.15) is 30.9 Å². The monoisotopic (exact) mass is 575 g/mol. The number of aliphatic imine (C=N–C) groups is 1. The van der Waals surface area contributed by atoms with E-state index in [1.807, 2.05) is 19.1 Å². The van der Waals surface area contributed by atoms with Crippen LogP contribution in [0.3, 0.4) is 0 Å². The molecule has 0 aliphatic carbocycles. The van der Waals surface area contributed by atoms with Gasteiger partial charge in [-0.2, -0.15) is 0 Å². The first-order chi connectivity index (χ1) is 15.5. The van der Waals surface area contributed by atoms with Gasteiger partial charge in [0, 0.05) is 13.1 Å². The number of nitrogens with one attached hydrogen (secondary N) is 3. The summed E-state index contributed by atoms with van der Waals surface area (Å²) in [6.07, 6.45) is 2.53. The van der Waals surface area contributed by atoms with Gasteiger partial charge in [0.1, 0.15) is 0 Å². The maximum Gasteiger partial charge on any atom is 0.243 e. The molecule has 1 fully saturated rings. The van der Waals surface area contributed by atoms with E-state index in [0.717, 1.165) is 37.3 Å². The molecule has 6 nitrogen and oxygen atoms in total. The van der Waals surface area contributed by atoms with Crippen LogP contribution in [0.5, 0.6) is 0 Å². The third kappa shape index (κ3) is 8.18. The quantitative estimate of drug-likeness (QED) is 0.193. The first-order valence-electron chi connectivity index (χ1n) is 10.7. The smallest absolute Gasteiger partial charge is 0.243 e. The van der Waals surface area contributed by atoms with Gasteiger partial charge in [-0.1, -0.05) is 24.3 Å². The summed E-state index contributed by atoms with van der Waals surface area (Å²) in [5.74, 6) is -4.59. The maximum atomic E-state index is 13.7. The van der Waals surface area contributed by atoms with Crippen molar-refractivity contribution in [1.82, 2.24) is 15.5 Å². The lowest BCUT2D eigenvalue weighted by atomic mass is 10.1. The van der Waals surface area contributed by atoms with Gasteiger partial charge in [-0.3, -0.25) is 9.69 Å². The van der Waals surface area contributed by atoms with E-state index in [9.17, 15) is 18.0 Å². The minimum atomic E-state index is -1.63. The summed E-state index contributed by atoms with van der Waals surface area (Å²) < 4.78 is 40.0. The molecule has 0 unspecified atom stereocenters. The molecule has 0 bridgehead atoms. The van der Waals surface area contributed by atoms with Crippen molar-refractivity contribution in [1.29, 1.82) is 0 Å². The molecule has 1 saturated heterocycles. The Kier molecular flexibility index (Phi) is 10.9. The second-order valence-corrected chi connectivity index (χ2v) is 7.62. The summed E-state index contributed by atoms with van der Waals surface area (Å²) in [7, 11) is 0. The number of anilines is 1. The maximum absolute atomic E-state index is 13.7. The Morgan fingerprint density at radius 3 is 2.30 bits per heavy atom. The minimum absolute atomic E-state index is 0. The van der Waals surface area contributed by atoms with Crippen molar-refractivity contribution in [2.75, 3.05) is 31.5 Å². The lowest BCUT2D eigenvalue weighted by molar-refractivity contribution is -0.115. The van der Waals surface area contributed by atoms with Gasteiger partial charge >= 0.3 is 0 Å². The van der Waals surface area contributed by atoms with Crippen LogP contribution >= 0.6 is 24.0 Å². The van der Waals surface area contributed by atoms with Gasteiger partial charge in [0.25, 0.3) is 0 Å². The highest BCUT2D eigenvalue weighted by molar-refractivity contribution is 14.0. The van der Waals surface area contributed by atoms with Gasteiger partial charge in [0.05, 0.1) is 18.8 Å². The van der Waals surface area contributed by atoms with Gasteiger partial charge in [-0.05, 0) is 56.1 Å². The Morgan fingerprint density at radius 1 is 0.970 bits per heavy atom. The average Bonchev–Trinajstić information content (AvgIpc) is 3.30. The van der Waals surface area contributed by atoms with E-state index in [-0.39, 0.29) is 30.5 Å². The largest absolute Gasteiger partial charge is 0.357 e. The highest BCUT2D eigenvalue weighted by Gasteiger charge is 2.15. The van der Waals surface area contributed by atoms with Crippen LogP contribution in [0, 0.1) is 17.5 Å². The second kappa shape index (κ2) is 13.4. The molecular formula is C23H29F3IN5O. The fourth-order valence-electron chi connectivity index (χ4n) is 3.44. The molecule has 10 heteroatoms. The molecule has 0 atom stereocenters. The van der Waals surface area contributed by atoms with E-state index in [1.54, 1.807) is 0 Å². The number of amides is 1. The van der Waals surface area contributed by atoms with Crippen molar-refractivity contribution in [3.8, 4) is 0 Å². The van der Waals surface area contributed by atoms with Crippen molar-refractivity contribution in [2.45, 2.75) is 32.9 Å². The zero-order valence-corrected chi connectivity index (χ0v) is 20.8. The Bertz CT molecular complexity index is 950. The van der Waals surface area contributed by atoms with Crippen LogP contribution in [0.25, 0.3) is 0 Å². The second-order valence-electron chi connectivity index (χ2n) is 7.62. The number of benzene rings is 2. The van der Waals surface area contributed by atoms with Gasteiger partial charge in [-0.25, -0.2) is 18.2 Å². The third-order valence-corrected chi connectivity index (χ3v) is 5.12. The highest BCUT2D eigenvalue weighted by atomic mass is 127. The van der Waals surface area contributed by atoms with Crippen LogP contribution < -0.4 is 16.0 Å². The minimum Gasteiger partial charge on any atom is -0.357 e. The van der Waals surface area contributed by atoms with Crippen LogP contribution in [0.2, 0.25) is 0 Å². The predicted molar refractivity (Wildman–Crippen MR) is 134 cm³/mol. The molecule has 1 aliphatic heterocycles. The fraction of sp³-hybridized carbons (Fsp3) is 0.391. The lowest BCUT2D eigenvalue weighted by Crippen LogP contribution is -2.41. The summed E-state index contributed by atoms with van der Waals surface area (Å²) in [4.78, 5) is 19.0. The summed E-state index contributed by atoms with van der Waals surface area (Å²) in [6, 6.07) is 10.0. The Morgan fingerprint density at radius 2 is 1.64 bits per heavy atom. The molecule has 2 aromatic carbocycles. The fourth-order valence-corrected chi connectivity index (χ4v) is 3.44. The number of nitrogens with zero attached hydrogens (tertiary/aromatic N) is 2. The summed E-state index contributed by atoms with van der Waals surface area (Å²) in [6.45, 7) is 5.93. The molecule has 0 saturated carbocycles. The van der Waals surface area contributed by atoms with E-state index < -0.39 is 29.0 Å². The van der Waals surface area contributed by atoms with E-state index in [1.165, 1.54) is 18.4 Å². The highest BCUT2D eigenvalue weighted by Crippen LogP contribution is 2.19. The van der Waals surface area contributed by atoms with E-state index in [4.69, 9.17) is 0 Å². The molecule has 1 aliphatic rings. The van der Waals surface area contributed by atoms with Gasteiger partial charge in [-0.15, -0.1) is 24.0 Å². The summed E-state index contributed by atoms with van der Waals surface area (Å²) >= 11 is 0. The average molecular weight is 575 g/mol. The number of carbonyl (C=O) groups is 1. The zero-order valence-electron chi connectivity index (χ0n) is 18.5. The zero-order chi connectivity index (χ0) is 22.9. The van der Waals surface area contributed by atoms with Crippen LogP contribution in [-0.2, 0) is 17.9 Å². The first kappa shape index (κ1) is 26.9. The van der Waals surface area contributed by atoms with E-state index in [0.29, 0.717) is 19.0 Å². The van der Waals surface area contributed by atoms with Gasteiger partial charge < -0.3 is 16.0 Å². The number of hydrogen-bond donors (Lipinski definition) is 3. The van der Waals surface area contributed by atoms with Crippen LogP contribution in [-0.4, -0.2) is 42.9 Å². The molecule has 0 aromatic heterocycles. The van der Waals surface area contributed by atoms with Crippen molar-refractivity contribution in [2.24, 2.45) is 4.99 Å². The number of guanidine groups is 1. The molecule has 0 spiro atoms. The third-order valence-electron chi connectivity index (χ3n) is 5.12. The molecule has 33 heavy (non-hydrogen) atoms. The molecule has 1 amide bonds. The molecule has 1 heterocycles. The molecule has 3 rings (SSSR count). The van der Waals surface area contributed by atoms with Gasteiger partial charge in [0.15, 0.2) is 23.4 Å². The summed E-state index contributed by atoms with van der Waals surface area (Å²) in [5.41, 5.74) is 1.87. The molecule has 180 valence electrons. The molecule has 2 aromatic rings. The van der Waals surface area contributed by atoms with Crippen molar-refractivity contribution < 1.29 is 18.0 Å². The van der Waals surface area contributed by atoms with Crippen LogP contribution in [0.4, 0.5) is 18.9 Å². The topological polar surface area (TPSA) is 68.8 Å². The van der Waals surface area contributed by atoms with Crippen molar-refractivity contribution in [3.63, 3.8) is 0 Å². The Balaban J connectivity index is 0.00000385. The molecule has 3 N–H and O–H groups in total. The van der Waals surface area contributed by atoms with Gasteiger partial charge in [0.2, 0.25) is 5.91 Å². The molecular weight excluding hydrogens is 546 g/mol. The van der Waals surface area contributed by atoms with Crippen LogP contribution in [0.15, 0.2) is 41.4 Å². The summed E-state index contributed by atoms with van der Waals surface area (Å²) in [5, 5.41) is 8.09. The standard InChI is InChI=1S/C23H28F3N5O.HI/c1-2-27-23(29-14-20(32)30-19-10-9-18(24)21(25)22(19)26)28-13-16-5-7-17(8-6-16)15-31-11-3-4-12-31;/h5-10H,2-4,11-15H2,1H3,(H,30,32)(H2,27,28,29);1H. The van der Waals surface area contributed by atoms with E-state index >= 15 is 0 Å². The number of hydrogen-bond acceptors (Lipinski definition) is 3. The number of rotatable bonds is 8. The number of carbonyl (C=O) groups excluding carboxylic acids is 1. The predicted octanol–water partition coefficient (Wildman–Crippen LogP) is 4.01. The SMILES string of the molecule is CCNC(=NCc1ccc(CN2CCCC2)cc1)NCC(=O)Nc1ccc(F)c(F)c1F.I. The van der Waals surface area contributed by atoms with Crippen molar-refractivity contribution >= 4 is 41.5 Å². The normalized spacial score (nSPS) is 14.0. The number of likely N-dealkylation sites (tertiary alicyclic amines) is 1. The Labute approximate surface area is 209 Å². The van der Waals surface area contributed by atoms with E-state index in [2.05, 4.69) is 38.0 Å². The Hall–Kier alpha value is -2.34.